The summed E-state index contributed by atoms with van der Waals surface area (Å²) in [5, 5.41) is -0.0900. The van der Waals surface area contributed by atoms with Crippen LogP contribution >= 0.6 is 11.6 Å². The van der Waals surface area contributed by atoms with E-state index in [1.54, 1.807) is 4.31 Å². The number of hydrogen-bond acceptors (Lipinski definition) is 3. The van der Waals surface area contributed by atoms with Gasteiger partial charge in [0.05, 0.1) is 18.0 Å². The van der Waals surface area contributed by atoms with Crippen molar-refractivity contribution in [2.45, 2.75) is 37.0 Å². The molecule has 2 aliphatic rings. The second-order valence-corrected chi connectivity index (χ2v) is 6.99. The average molecular weight is 268 g/mol. The van der Waals surface area contributed by atoms with Crippen LogP contribution in [0.3, 0.4) is 0 Å². The molecule has 16 heavy (non-hydrogen) atoms. The fourth-order valence-corrected chi connectivity index (χ4v) is 4.00. The highest BCUT2D eigenvalue weighted by molar-refractivity contribution is 7.90. The largest absolute Gasteiger partial charge is 0.377 e. The zero-order chi connectivity index (χ0) is 11.6. The highest BCUT2D eigenvalue weighted by Gasteiger charge is 2.41. The topological polar surface area (TPSA) is 46.6 Å². The van der Waals surface area contributed by atoms with Gasteiger partial charge < -0.3 is 4.74 Å². The van der Waals surface area contributed by atoms with Gasteiger partial charge in [0.2, 0.25) is 10.0 Å². The first-order valence-electron chi connectivity index (χ1n) is 5.81. The summed E-state index contributed by atoms with van der Waals surface area (Å²) >= 11 is 5.54. The van der Waals surface area contributed by atoms with Gasteiger partial charge in [-0.15, -0.1) is 11.6 Å². The number of rotatable bonds is 5. The molecule has 0 spiro atoms. The van der Waals surface area contributed by atoms with Crippen molar-refractivity contribution in [3.63, 3.8) is 0 Å². The molecule has 2 fully saturated rings. The molecule has 94 valence electrons. The van der Waals surface area contributed by atoms with Crippen molar-refractivity contribution in [2.24, 2.45) is 0 Å². The Balaban J connectivity index is 1.80. The van der Waals surface area contributed by atoms with E-state index in [9.17, 15) is 8.42 Å². The molecule has 1 aliphatic carbocycles. The Morgan fingerprint density at radius 1 is 1.19 bits per heavy atom. The summed E-state index contributed by atoms with van der Waals surface area (Å²) in [7, 11) is -2.98. The van der Waals surface area contributed by atoms with E-state index in [4.69, 9.17) is 16.3 Å². The quantitative estimate of drug-likeness (QED) is 0.703. The monoisotopic (exact) mass is 267 g/mol. The van der Waals surface area contributed by atoms with Gasteiger partial charge in [0.25, 0.3) is 0 Å². The fraction of sp³-hybridized carbons (Fsp3) is 1.00. The number of halogens is 1. The van der Waals surface area contributed by atoms with E-state index in [0.717, 1.165) is 25.7 Å². The van der Waals surface area contributed by atoms with Gasteiger partial charge in [-0.1, -0.05) is 0 Å². The zero-order valence-electron chi connectivity index (χ0n) is 9.27. The van der Waals surface area contributed by atoms with Crippen LogP contribution in [0.25, 0.3) is 0 Å². The van der Waals surface area contributed by atoms with Crippen LogP contribution < -0.4 is 0 Å². The van der Waals surface area contributed by atoms with Gasteiger partial charge in [-0.05, 0) is 25.7 Å². The Bertz CT molecular complexity index is 321. The Morgan fingerprint density at radius 2 is 1.81 bits per heavy atom. The van der Waals surface area contributed by atoms with E-state index in [-0.39, 0.29) is 11.4 Å². The Labute approximate surface area is 102 Å². The van der Waals surface area contributed by atoms with Gasteiger partial charge >= 0.3 is 0 Å². The third-order valence-electron chi connectivity index (χ3n) is 3.14. The maximum atomic E-state index is 11.9. The molecule has 0 amide bonds. The van der Waals surface area contributed by atoms with E-state index >= 15 is 0 Å². The van der Waals surface area contributed by atoms with Crippen LogP contribution in [-0.2, 0) is 14.8 Å². The third kappa shape index (κ3) is 2.88. The lowest BCUT2D eigenvalue weighted by Gasteiger charge is -2.31. The highest BCUT2D eigenvalue weighted by Crippen LogP contribution is 2.32. The van der Waals surface area contributed by atoms with Crippen LogP contribution in [-0.4, -0.2) is 49.7 Å². The molecule has 1 heterocycles. The molecule has 0 aromatic rings. The molecule has 4 nitrogen and oxygen atoms in total. The predicted molar refractivity (Wildman–Crippen MR) is 63.2 cm³/mol. The molecular formula is C10H18ClNO3S. The molecule has 0 aromatic heterocycles. The number of ether oxygens (including phenoxy) is 1. The first-order chi connectivity index (χ1) is 7.64. The van der Waals surface area contributed by atoms with Crippen LogP contribution in [0.15, 0.2) is 0 Å². The van der Waals surface area contributed by atoms with Gasteiger partial charge in [0.15, 0.2) is 0 Å². The molecule has 0 N–H and O–H groups in total. The number of alkyl halides is 1. The van der Waals surface area contributed by atoms with Crippen LogP contribution in [0.4, 0.5) is 0 Å². The van der Waals surface area contributed by atoms with Crippen LogP contribution in [0.2, 0.25) is 0 Å². The molecule has 0 atom stereocenters. The first kappa shape index (κ1) is 12.6. The van der Waals surface area contributed by atoms with Gasteiger partial charge in [0.1, 0.15) is 0 Å². The van der Waals surface area contributed by atoms with Crippen molar-refractivity contribution in [2.75, 3.05) is 25.6 Å². The molecule has 0 radical (unpaired) electrons. The summed E-state index contributed by atoms with van der Waals surface area (Å²) in [4.78, 5) is 0. The summed E-state index contributed by atoms with van der Waals surface area (Å²) in [6, 6.07) is 0. The van der Waals surface area contributed by atoms with E-state index in [2.05, 4.69) is 0 Å². The maximum Gasteiger partial charge on any atom is 0.216 e. The second-order valence-electron chi connectivity index (χ2n) is 4.40. The smallest absolute Gasteiger partial charge is 0.216 e. The number of piperidine rings is 1. The van der Waals surface area contributed by atoms with Gasteiger partial charge in [-0.25, -0.2) is 12.7 Å². The minimum absolute atomic E-state index is 0.0900. The Morgan fingerprint density at radius 3 is 2.31 bits per heavy atom. The molecule has 1 aliphatic heterocycles. The van der Waals surface area contributed by atoms with Crippen molar-refractivity contribution in [1.29, 1.82) is 0 Å². The highest BCUT2D eigenvalue weighted by atomic mass is 35.5. The molecular weight excluding hydrogens is 250 g/mol. The molecule has 0 bridgehead atoms. The third-order valence-corrected chi connectivity index (χ3v) is 5.69. The van der Waals surface area contributed by atoms with E-state index in [1.165, 1.54) is 0 Å². The molecule has 1 saturated carbocycles. The lowest BCUT2D eigenvalue weighted by Crippen LogP contribution is -2.42. The van der Waals surface area contributed by atoms with Gasteiger partial charge in [0, 0.05) is 19.0 Å². The molecule has 6 heteroatoms. The Kier molecular flexibility index (Phi) is 4.11. The normalized spacial score (nSPS) is 24.8. The first-order valence-corrected chi connectivity index (χ1v) is 7.85. The summed E-state index contributed by atoms with van der Waals surface area (Å²) < 4.78 is 31.0. The van der Waals surface area contributed by atoms with Crippen molar-refractivity contribution >= 4 is 21.6 Å². The molecule has 0 unspecified atom stereocenters. The minimum atomic E-state index is -2.98. The molecule has 2 rings (SSSR count). The van der Waals surface area contributed by atoms with Crippen LogP contribution in [0.5, 0.6) is 0 Å². The van der Waals surface area contributed by atoms with Crippen molar-refractivity contribution < 1.29 is 13.2 Å². The van der Waals surface area contributed by atoms with Crippen LogP contribution in [0.1, 0.15) is 25.7 Å². The SMILES string of the molecule is O=S(=O)(C1CC1)N1CCC(OCCCl)CC1. The number of sulfonamides is 1. The summed E-state index contributed by atoms with van der Waals surface area (Å²) in [5.41, 5.74) is 0. The van der Waals surface area contributed by atoms with Crippen molar-refractivity contribution in [1.82, 2.24) is 4.31 Å². The van der Waals surface area contributed by atoms with Crippen LogP contribution in [0, 0.1) is 0 Å². The maximum absolute atomic E-state index is 11.9. The zero-order valence-corrected chi connectivity index (χ0v) is 10.8. The van der Waals surface area contributed by atoms with Gasteiger partial charge in [-0.2, -0.15) is 0 Å². The van der Waals surface area contributed by atoms with Gasteiger partial charge in [-0.3, -0.25) is 0 Å². The van der Waals surface area contributed by atoms with Crippen molar-refractivity contribution in [3.05, 3.63) is 0 Å². The fourth-order valence-electron chi connectivity index (χ4n) is 2.04. The number of hydrogen-bond donors (Lipinski definition) is 0. The Hall–Kier alpha value is 0.160. The molecule has 1 saturated heterocycles. The number of nitrogens with zero attached hydrogens (tertiary/aromatic N) is 1. The molecule has 0 aromatic carbocycles. The van der Waals surface area contributed by atoms with E-state index in [0.29, 0.717) is 25.6 Å². The summed E-state index contributed by atoms with van der Waals surface area (Å²) in [6.45, 7) is 1.76. The van der Waals surface area contributed by atoms with Crippen molar-refractivity contribution in [3.8, 4) is 0 Å². The summed E-state index contributed by atoms with van der Waals surface area (Å²) in [5.74, 6) is 0.501. The predicted octanol–water partition coefficient (Wildman–Crippen LogP) is 1.20. The minimum Gasteiger partial charge on any atom is -0.377 e. The average Bonchev–Trinajstić information content (AvgIpc) is 3.11. The lowest BCUT2D eigenvalue weighted by atomic mass is 10.1. The standard InChI is InChI=1S/C10H18ClNO3S/c11-5-8-15-9-3-6-12(7-4-9)16(13,14)10-1-2-10/h9-10H,1-8H2. The second kappa shape index (κ2) is 5.21. The lowest BCUT2D eigenvalue weighted by molar-refractivity contribution is 0.0301. The van der Waals surface area contributed by atoms with E-state index < -0.39 is 10.0 Å². The summed E-state index contributed by atoms with van der Waals surface area (Å²) in [6.07, 6.45) is 3.45. The van der Waals surface area contributed by atoms with E-state index in [1.807, 2.05) is 0 Å².